The molecule has 6 nitrogen and oxygen atoms in total. The van der Waals surface area contributed by atoms with Crippen LogP contribution in [-0.4, -0.2) is 46.8 Å². The lowest BCUT2D eigenvalue weighted by Crippen LogP contribution is -2.26. The number of anilines is 1. The lowest BCUT2D eigenvalue weighted by Gasteiger charge is -2.15. The normalized spacial score (nSPS) is 18.1. The van der Waals surface area contributed by atoms with E-state index in [-0.39, 0.29) is 18.3 Å². The minimum atomic E-state index is -2.27. The molecule has 2 heterocycles. The van der Waals surface area contributed by atoms with Crippen molar-refractivity contribution in [3.63, 3.8) is 0 Å². The molecule has 1 aromatic heterocycles. The fourth-order valence-electron chi connectivity index (χ4n) is 4.35. The Kier molecular flexibility index (Phi) is 8.32. The summed E-state index contributed by atoms with van der Waals surface area (Å²) in [6, 6.07) is 5.76. The molecular formula is C24H30F3N5O. The standard InChI is InChI=1S/C12H14F3N.C12H16N4O/c13-11-3-1-9(2-4-11)10-5-6-16(7-10)8-12(14)15;1-3-8(4-2)16-11(14-12(13)17)9-6-5-7-10(9)15-16/h1-4,10,12H,5-8H2;3-4H,1,5-7H2,2H3,(H3,13,14,17)/b;8-4+. The number of benzene rings is 1. The van der Waals surface area contributed by atoms with E-state index in [1.165, 1.54) is 12.1 Å². The van der Waals surface area contributed by atoms with Crippen molar-refractivity contribution in [2.75, 3.05) is 25.0 Å². The number of halogens is 3. The molecule has 0 spiro atoms. The summed E-state index contributed by atoms with van der Waals surface area (Å²) in [6.45, 7) is 6.83. The summed E-state index contributed by atoms with van der Waals surface area (Å²) in [4.78, 5) is 12.8. The van der Waals surface area contributed by atoms with E-state index >= 15 is 0 Å². The molecule has 178 valence electrons. The molecule has 3 N–H and O–H groups in total. The Morgan fingerprint density at radius 1 is 1.33 bits per heavy atom. The SMILES string of the molecule is C=C/C(=C\C)n1nc2c(c1NC(N)=O)CCC2.Fc1ccc(C2CCN(CC(F)F)C2)cc1. The Balaban J connectivity index is 0.000000186. The van der Waals surface area contributed by atoms with Gasteiger partial charge >= 0.3 is 6.03 Å². The second-order valence-electron chi connectivity index (χ2n) is 8.13. The van der Waals surface area contributed by atoms with Gasteiger partial charge in [-0.2, -0.15) is 5.10 Å². The molecule has 1 aliphatic heterocycles. The fourth-order valence-corrected chi connectivity index (χ4v) is 4.35. The lowest BCUT2D eigenvalue weighted by molar-refractivity contribution is 0.0990. The molecule has 0 bridgehead atoms. The van der Waals surface area contributed by atoms with Gasteiger partial charge in [0.2, 0.25) is 0 Å². The van der Waals surface area contributed by atoms with Crippen molar-refractivity contribution in [3.8, 4) is 0 Å². The number of amides is 2. The number of aromatic nitrogens is 2. The first-order valence-electron chi connectivity index (χ1n) is 11.0. The molecule has 0 saturated carbocycles. The molecule has 1 fully saturated rings. The van der Waals surface area contributed by atoms with Gasteiger partial charge in [0.25, 0.3) is 6.43 Å². The number of allylic oxidation sites excluding steroid dienone is 3. The number of rotatable bonds is 6. The molecule has 9 heteroatoms. The van der Waals surface area contributed by atoms with Gasteiger partial charge in [-0.25, -0.2) is 22.6 Å². The molecule has 2 aromatic rings. The highest BCUT2D eigenvalue weighted by atomic mass is 19.3. The predicted molar refractivity (Wildman–Crippen MR) is 124 cm³/mol. The number of alkyl halides is 2. The Morgan fingerprint density at radius 2 is 2.06 bits per heavy atom. The van der Waals surface area contributed by atoms with Gasteiger partial charge in [-0.3, -0.25) is 10.2 Å². The Hall–Kier alpha value is -3.07. The quantitative estimate of drug-likeness (QED) is 0.608. The molecule has 1 atom stereocenters. The average molecular weight is 462 g/mol. The second-order valence-corrected chi connectivity index (χ2v) is 8.13. The summed E-state index contributed by atoms with van der Waals surface area (Å²) >= 11 is 0. The van der Waals surface area contributed by atoms with Gasteiger partial charge in [0.15, 0.2) is 0 Å². The smallest absolute Gasteiger partial charge is 0.317 e. The molecular weight excluding hydrogens is 431 g/mol. The number of nitrogens with zero attached hydrogens (tertiary/aromatic N) is 3. The van der Waals surface area contributed by atoms with Crippen LogP contribution in [0.1, 0.15) is 42.5 Å². The number of fused-ring (bicyclic) bond motifs is 1. The Morgan fingerprint density at radius 3 is 2.67 bits per heavy atom. The van der Waals surface area contributed by atoms with Crippen LogP contribution in [0.5, 0.6) is 0 Å². The number of hydrogen-bond acceptors (Lipinski definition) is 3. The summed E-state index contributed by atoms with van der Waals surface area (Å²) < 4.78 is 38.8. The highest BCUT2D eigenvalue weighted by Gasteiger charge is 2.26. The lowest BCUT2D eigenvalue weighted by atomic mass is 9.99. The number of nitrogens with one attached hydrogen (secondary N) is 1. The summed E-state index contributed by atoms with van der Waals surface area (Å²) in [5.41, 5.74) is 9.19. The molecule has 1 aromatic carbocycles. The van der Waals surface area contributed by atoms with E-state index in [4.69, 9.17) is 5.73 Å². The van der Waals surface area contributed by atoms with E-state index in [1.54, 1.807) is 27.8 Å². The first-order chi connectivity index (χ1) is 15.8. The Labute approximate surface area is 191 Å². The van der Waals surface area contributed by atoms with E-state index < -0.39 is 12.5 Å². The molecule has 4 rings (SSSR count). The van der Waals surface area contributed by atoms with Crippen LogP contribution in [0.2, 0.25) is 0 Å². The van der Waals surface area contributed by atoms with E-state index in [2.05, 4.69) is 17.0 Å². The van der Waals surface area contributed by atoms with E-state index in [9.17, 15) is 18.0 Å². The average Bonchev–Trinajstić information content (AvgIpc) is 3.48. The van der Waals surface area contributed by atoms with E-state index in [0.29, 0.717) is 18.9 Å². The van der Waals surface area contributed by atoms with Crippen molar-refractivity contribution >= 4 is 17.5 Å². The van der Waals surface area contributed by atoms with Crippen molar-refractivity contribution in [1.29, 1.82) is 0 Å². The third kappa shape index (κ3) is 6.25. The zero-order chi connectivity index (χ0) is 24.0. The van der Waals surface area contributed by atoms with Gasteiger partial charge in [0.05, 0.1) is 17.9 Å². The topological polar surface area (TPSA) is 76.2 Å². The summed E-state index contributed by atoms with van der Waals surface area (Å²) in [6.07, 6.45) is 5.15. The number of hydrogen-bond donors (Lipinski definition) is 2. The number of urea groups is 1. The molecule has 1 saturated heterocycles. The van der Waals surface area contributed by atoms with Crippen molar-refractivity contribution < 1.29 is 18.0 Å². The largest absolute Gasteiger partial charge is 0.351 e. The monoisotopic (exact) mass is 461 g/mol. The molecule has 0 radical (unpaired) electrons. The van der Waals surface area contributed by atoms with Crippen LogP contribution in [0.3, 0.4) is 0 Å². The first kappa shape index (κ1) is 24.6. The van der Waals surface area contributed by atoms with E-state index in [1.807, 2.05) is 13.0 Å². The number of carbonyl (C=O) groups is 1. The third-order valence-electron chi connectivity index (χ3n) is 5.91. The minimum Gasteiger partial charge on any atom is -0.351 e. The summed E-state index contributed by atoms with van der Waals surface area (Å²) in [5.74, 6) is 0.684. The van der Waals surface area contributed by atoms with Crippen molar-refractivity contribution in [2.45, 2.75) is 45.0 Å². The summed E-state index contributed by atoms with van der Waals surface area (Å²) in [5, 5.41) is 7.15. The molecule has 2 aliphatic rings. The highest BCUT2D eigenvalue weighted by molar-refractivity contribution is 5.89. The first-order valence-corrected chi connectivity index (χ1v) is 11.0. The van der Waals surface area contributed by atoms with Crippen LogP contribution in [0.4, 0.5) is 23.8 Å². The van der Waals surface area contributed by atoms with Crippen LogP contribution < -0.4 is 11.1 Å². The van der Waals surface area contributed by atoms with Crippen molar-refractivity contribution in [1.82, 2.24) is 14.7 Å². The van der Waals surface area contributed by atoms with Gasteiger partial charge in [0.1, 0.15) is 11.6 Å². The number of aryl methyl sites for hydroxylation is 1. The maximum atomic E-state index is 12.7. The van der Waals surface area contributed by atoms with Crippen molar-refractivity contribution in [3.05, 3.63) is 65.6 Å². The fraction of sp³-hybridized carbons (Fsp3) is 0.417. The van der Waals surface area contributed by atoms with Crippen molar-refractivity contribution in [2.24, 2.45) is 5.73 Å². The van der Waals surface area contributed by atoms with Gasteiger partial charge in [-0.05, 0) is 68.8 Å². The van der Waals surface area contributed by atoms with Gasteiger partial charge < -0.3 is 5.73 Å². The number of primary amides is 1. The molecule has 33 heavy (non-hydrogen) atoms. The zero-order valence-electron chi connectivity index (χ0n) is 18.7. The maximum absolute atomic E-state index is 12.7. The van der Waals surface area contributed by atoms with Crippen LogP contribution in [0, 0.1) is 5.82 Å². The van der Waals surface area contributed by atoms with E-state index in [0.717, 1.165) is 48.2 Å². The summed E-state index contributed by atoms with van der Waals surface area (Å²) in [7, 11) is 0. The second kappa shape index (κ2) is 11.2. The molecule has 1 aliphatic carbocycles. The third-order valence-corrected chi connectivity index (χ3v) is 5.91. The van der Waals surface area contributed by atoms with Gasteiger partial charge in [0, 0.05) is 12.1 Å². The van der Waals surface area contributed by atoms with Crippen LogP contribution in [0.15, 0.2) is 43.0 Å². The zero-order valence-corrected chi connectivity index (χ0v) is 18.7. The Bertz CT molecular complexity index is 1000. The molecule has 2 amide bonds. The number of nitrogens with two attached hydrogens (primary N) is 1. The minimum absolute atomic E-state index is 0.155. The highest BCUT2D eigenvalue weighted by Crippen LogP contribution is 2.31. The van der Waals surface area contributed by atoms with Crippen LogP contribution in [-0.2, 0) is 12.8 Å². The number of carbonyl (C=O) groups excluding carboxylic acids is 1. The van der Waals surface area contributed by atoms with Gasteiger partial charge in [-0.1, -0.05) is 24.8 Å². The van der Waals surface area contributed by atoms with Crippen LogP contribution >= 0.6 is 0 Å². The van der Waals surface area contributed by atoms with Gasteiger partial charge in [-0.15, -0.1) is 0 Å². The molecule has 1 unspecified atom stereocenters. The predicted octanol–water partition coefficient (Wildman–Crippen LogP) is 4.79. The maximum Gasteiger partial charge on any atom is 0.317 e. The number of likely N-dealkylation sites (tertiary alicyclic amines) is 1. The van der Waals surface area contributed by atoms with Crippen LogP contribution in [0.25, 0.3) is 5.70 Å².